The van der Waals surface area contributed by atoms with Crippen LogP contribution in [-0.4, -0.2) is 37.7 Å². The molecule has 2 N–H and O–H groups in total. The van der Waals surface area contributed by atoms with Gasteiger partial charge in [0.25, 0.3) is 6.43 Å². The number of hydrogen-bond donors (Lipinski definition) is 1. The molecule has 1 saturated heterocycles. The Kier molecular flexibility index (Phi) is 5.46. The summed E-state index contributed by atoms with van der Waals surface area (Å²) in [6.45, 7) is 2.21. The summed E-state index contributed by atoms with van der Waals surface area (Å²) in [4.78, 5) is 2.26. The molecule has 20 heavy (non-hydrogen) atoms. The highest BCUT2D eigenvalue weighted by atomic mass is 19.3. The first-order chi connectivity index (χ1) is 9.65. The second-order valence-electron chi connectivity index (χ2n) is 5.19. The molecule has 0 spiro atoms. The van der Waals surface area contributed by atoms with Crippen molar-refractivity contribution in [2.75, 3.05) is 26.7 Å². The van der Waals surface area contributed by atoms with Crippen LogP contribution in [0.2, 0.25) is 0 Å². The molecule has 3 nitrogen and oxygen atoms in total. The number of alkyl halides is 2. The van der Waals surface area contributed by atoms with Crippen LogP contribution in [0.4, 0.5) is 8.78 Å². The van der Waals surface area contributed by atoms with Gasteiger partial charge in [0, 0.05) is 38.3 Å². The van der Waals surface area contributed by atoms with E-state index in [1.54, 1.807) is 19.2 Å². The largest absolute Gasteiger partial charge is 0.381 e. The summed E-state index contributed by atoms with van der Waals surface area (Å²) in [6.07, 6.45) is -0.215. The zero-order chi connectivity index (χ0) is 14.5. The summed E-state index contributed by atoms with van der Waals surface area (Å²) in [5.74, 6) is 0. The highest BCUT2D eigenvalue weighted by Gasteiger charge is 2.25. The average Bonchev–Trinajstić information content (AvgIpc) is 2.49. The first kappa shape index (κ1) is 15.4. The van der Waals surface area contributed by atoms with Crippen LogP contribution in [0.5, 0.6) is 0 Å². The molecule has 0 amide bonds. The van der Waals surface area contributed by atoms with Crippen LogP contribution in [0, 0.1) is 0 Å². The van der Waals surface area contributed by atoms with E-state index in [1.807, 2.05) is 6.07 Å². The van der Waals surface area contributed by atoms with Gasteiger partial charge in [-0.2, -0.15) is 0 Å². The van der Waals surface area contributed by atoms with Crippen LogP contribution in [0.3, 0.4) is 0 Å². The van der Waals surface area contributed by atoms with Gasteiger partial charge < -0.3 is 10.5 Å². The summed E-state index contributed by atoms with van der Waals surface area (Å²) >= 11 is 0. The lowest BCUT2D eigenvalue weighted by atomic mass is 9.99. The Morgan fingerprint density at radius 1 is 1.30 bits per heavy atom. The molecule has 1 heterocycles. The van der Waals surface area contributed by atoms with Crippen molar-refractivity contribution in [1.29, 1.82) is 0 Å². The minimum Gasteiger partial charge on any atom is -0.381 e. The Balaban J connectivity index is 2.10. The lowest BCUT2D eigenvalue weighted by Crippen LogP contribution is -2.41. The minimum atomic E-state index is -2.44. The van der Waals surface area contributed by atoms with Gasteiger partial charge in [-0.3, -0.25) is 4.90 Å². The molecule has 0 saturated carbocycles. The fourth-order valence-corrected chi connectivity index (χ4v) is 2.82. The van der Waals surface area contributed by atoms with Crippen molar-refractivity contribution < 1.29 is 13.5 Å². The van der Waals surface area contributed by atoms with Crippen molar-refractivity contribution in [1.82, 2.24) is 4.90 Å². The fraction of sp³-hybridized carbons (Fsp3) is 0.600. The molecule has 2 rings (SSSR count). The summed E-state index contributed by atoms with van der Waals surface area (Å²) in [5.41, 5.74) is 6.81. The van der Waals surface area contributed by atoms with Crippen LogP contribution in [0.25, 0.3) is 0 Å². The molecule has 1 aliphatic heterocycles. The van der Waals surface area contributed by atoms with Crippen molar-refractivity contribution >= 4 is 0 Å². The Morgan fingerprint density at radius 2 is 1.95 bits per heavy atom. The maximum absolute atomic E-state index is 12.8. The highest BCUT2D eigenvalue weighted by molar-refractivity contribution is 5.27. The molecule has 1 fully saturated rings. The molecular weight excluding hydrogens is 262 g/mol. The first-order valence-electron chi connectivity index (χ1n) is 7.00. The average molecular weight is 284 g/mol. The van der Waals surface area contributed by atoms with Crippen LogP contribution in [-0.2, 0) is 4.74 Å². The van der Waals surface area contributed by atoms with E-state index in [1.165, 1.54) is 6.07 Å². The van der Waals surface area contributed by atoms with Crippen molar-refractivity contribution in [2.45, 2.75) is 31.4 Å². The number of likely N-dealkylation sites (tertiary alicyclic amines) is 1. The molecule has 1 atom stereocenters. The van der Waals surface area contributed by atoms with Crippen molar-refractivity contribution in [3.63, 3.8) is 0 Å². The molecule has 0 aliphatic carbocycles. The monoisotopic (exact) mass is 284 g/mol. The number of rotatable bonds is 5. The molecule has 5 heteroatoms. The highest BCUT2D eigenvalue weighted by Crippen LogP contribution is 2.27. The molecule has 1 aromatic carbocycles. The van der Waals surface area contributed by atoms with Gasteiger partial charge in [0.05, 0.1) is 6.10 Å². The molecule has 1 aromatic rings. The van der Waals surface area contributed by atoms with Crippen LogP contribution in [0.1, 0.15) is 36.4 Å². The zero-order valence-electron chi connectivity index (χ0n) is 11.8. The number of nitrogens with zero attached hydrogens (tertiary/aromatic N) is 1. The smallest absolute Gasteiger partial charge is 0.263 e. The molecule has 0 bridgehead atoms. The van der Waals surface area contributed by atoms with Gasteiger partial charge in [-0.25, -0.2) is 8.78 Å². The molecule has 0 aromatic heterocycles. The number of methoxy groups -OCH3 is 1. The topological polar surface area (TPSA) is 38.5 Å². The van der Waals surface area contributed by atoms with E-state index in [4.69, 9.17) is 10.5 Å². The van der Waals surface area contributed by atoms with Crippen molar-refractivity contribution in [2.24, 2.45) is 5.73 Å². The van der Waals surface area contributed by atoms with Crippen molar-refractivity contribution in [3.05, 3.63) is 35.4 Å². The Labute approximate surface area is 118 Å². The standard InChI is InChI=1S/C15H22F2N2O/c1-20-13-5-7-19(8-6-13)14(10-18)11-3-2-4-12(9-11)15(16)17/h2-4,9,13-15H,5-8,10,18H2,1H3. The molecular formula is C15H22F2N2O. The van der Waals surface area contributed by atoms with E-state index in [9.17, 15) is 8.78 Å². The van der Waals surface area contributed by atoms with Crippen molar-refractivity contribution in [3.8, 4) is 0 Å². The number of halogens is 2. The lowest BCUT2D eigenvalue weighted by molar-refractivity contribution is 0.0280. The molecule has 1 unspecified atom stereocenters. The van der Waals surface area contributed by atoms with Gasteiger partial charge in [0.2, 0.25) is 0 Å². The third kappa shape index (κ3) is 3.53. The summed E-state index contributed by atoms with van der Waals surface area (Å²) in [6, 6.07) is 6.60. The Bertz CT molecular complexity index is 420. The second-order valence-corrected chi connectivity index (χ2v) is 5.19. The fourth-order valence-electron chi connectivity index (χ4n) is 2.82. The third-order valence-electron chi connectivity index (χ3n) is 4.02. The van der Waals surface area contributed by atoms with E-state index in [0.29, 0.717) is 12.6 Å². The number of ether oxygens (including phenoxy) is 1. The zero-order valence-corrected chi connectivity index (χ0v) is 11.8. The predicted molar refractivity (Wildman–Crippen MR) is 74.8 cm³/mol. The predicted octanol–water partition coefficient (Wildman–Crippen LogP) is 2.73. The maximum Gasteiger partial charge on any atom is 0.263 e. The van der Waals surface area contributed by atoms with E-state index < -0.39 is 6.43 Å². The number of piperidine rings is 1. The van der Waals surface area contributed by atoms with Crippen LogP contribution >= 0.6 is 0 Å². The SMILES string of the molecule is COC1CCN(C(CN)c2cccc(C(F)F)c2)CC1. The van der Waals surface area contributed by atoms with E-state index in [2.05, 4.69) is 4.90 Å². The lowest BCUT2D eigenvalue weighted by Gasteiger charge is -2.37. The second kappa shape index (κ2) is 7.11. The van der Waals surface area contributed by atoms with Gasteiger partial charge in [0.15, 0.2) is 0 Å². The first-order valence-corrected chi connectivity index (χ1v) is 7.00. The molecule has 1 aliphatic rings. The maximum atomic E-state index is 12.8. The molecule has 0 radical (unpaired) electrons. The normalized spacial score (nSPS) is 19.4. The number of nitrogens with two attached hydrogens (primary N) is 1. The summed E-state index contributed by atoms with van der Waals surface area (Å²) < 4.78 is 30.9. The van der Waals surface area contributed by atoms with Crippen LogP contribution < -0.4 is 5.73 Å². The Hall–Kier alpha value is -1.04. The third-order valence-corrected chi connectivity index (χ3v) is 4.02. The minimum absolute atomic E-state index is 0.00602. The van der Waals surface area contributed by atoms with Crippen LogP contribution in [0.15, 0.2) is 24.3 Å². The van der Waals surface area contributed by atoms with Gasteiger partial charge >= 0.3 is 0 Å². The summed E-state index contributed by atoms with van der Waals surface area (Å²) in [5, 5.41) is 0. The Morgan fingerprint density at radius 3 is 2.50 bits per heavy atom. The summed E-state index contributed by atoms with van der Waals surface area (Å²) in [7, 11) is 1.73. The van der Waals surface area contributed by atoms with Gasteiger partial charge in [-0.1, -0.05) is 18.2 Å². The van der Waals surface area contributed by atoms with Gasteiger partial charge in [-0.05, 0) is 24.5 Å². The number of hydrogen-bond acceptors (Lipinski definition) is 3. The van der Waals surface area contributed by atoms with Gasteiger partial charge in [0.1, 0.15) is 0 Å². The van der Waals surface area contributed by atoms with E-state index in [0.717, 1.165) is 31.5 Å². The van der Waals surface area contributed by atoms with Gasteiger partial charge in [-0.15, -0.1) is 0 Å². The number of benzene rings is 1. The van der Waals surface area contributed by atoms with E-state index in [-0.39, 0.29) is 11.6 Å². The van der Waals surface area contributed by atoms with E-state index >= 15 is 0 Å². The quantitative estimate of drug-likeness (QED) is 0.903. The molecule has 112 valence electrons.